The Kier molecular flexibility index (Phi) is 4.72. The van der Waals surface area contributed by atoms with Crippen LogP contribution in [0.15, 0.2) is 18.3 Å². The molecule has 0 radical (unpaired) electrons. The van der Waals surface area contributed by atoms with E-state index < -0.39 is 0 Å². The molecule has 0 aromatic carbocycles. The molecule has 4 heteroatoms. The third-order valence-corrected chi connectivity index (χ3v) is 1.98. The number of aromatic nitrogens is 1. The SMILES string of the molecule is FCCCNCc1cccnc1Cl. The molecule has 0 aliphatic heterocycles. The number of hydrogen-bond acceptors (Lipinski definition) is 2. The minimum Gasteiger partial charge on any atom is -0.312 e. The van der Waals surface area contributed by atoms with Gasteiger partial charge in [-0.1, -0.05) is 17.7 Å². The monoisotopic (exact) mass is 202 g/mol. The van der Waals surface area contributed by atoms with Gasteiger partial charge in [-0.25, -0.2) is 4.98 Å². The summed E-state index contributed by atoms with van der Waals surface area (Å²) in [6.07, 6.45) is 2.19. The summed E-state index contributed by atoms with van der Waals surface area (Å²) in [5.74, 6) is 0. The Labute approximate surface area is 82.1 Å². The molecular weight excluding hydrogens is 191 g/mol. The van der Waals surface area contributed by atoms with E-state index in [-0.39, 0.29) is 6.67 Å². The number of nitrogens with zero attached hydrogens (tertiary/aromatic N) is 1. The fourth-order valence-electron chi connectivity index (χ4n) is 0.966. The van der Waals surface area contributed by atoms with Crippen molar-refractivity contribution in [1.82, 2.24) is 10.3 Å². The highest BCUT2D eigenvalue weighted by Gasteiger charge is 1.98. The minimum absolute atomic E-state index is 0.284. The molecule has 0 aliphatic rings. The average Bonchev–Trinajstić information content (AvgIpc) is 2.15. The first kappa shape index (κ1) is 10.4. The van der Waals surface area contributed by atoms with Gasteiger partial charge in [0.2, 0.25) is 0 Å². The van der Waals surface area contributed by atoms with Crippen LogP contribution in [-0.2, 0) is 6.54 Å². The molecule has 2 nitrogen and oxygen atoms in total. The molecule has 1 rings (SSSR count). The van der Waals surface area contributed by atoms with Crippen molar-refractivity contribution in [1.29, 1.82) is 0 Å². The van der Waals surface area contributed by atoms with Gasteiger partial charge in [0, 0.05) is 18.3 Å². The zero-order valence-electron chi connectivity index (χ0n) is 7.26. The molecule has 1 N–H and O–H groups in total. The van der Waals surface area contributed by atoms with Crippen LogP contribution in [0.3, 0.4) is 0 Å². The van der Waals surface area contributed by atoms with Crippen molar-refractivity contribution in [3.05, 3.63) is 29.0 Å². The van der Waals surface area contributed by atoms with Crippen molar-refractivity contribution in [2.24, 2.45) is 0 Å². The van der Waals surface area contributed by atoms with Crippen molar-refractivity contribution >= 4 is 11.6 Å². The van der Waals surface area contributed by atoms with Gasteiger partial charge in [0.1, 0.15) is 5.15 Å². The fraction of sp³-hybridized carbons (Fsp3) is 0.444. The number of rotatable bonds is 5. The highest BCUT2D eigenvalue weighted by Crippen LogP contribution is 2.10. The molecule has 0 amide bonds. The van der Waals surface area contributed by atoms with Gasteiger partial charge in [-0.15, -0.1) is 0 Å². The van der Waals surface area contributed by atoms with Crippen LogP contribution in [-0.4, -0.2) is 18.2 Å². The van der Waals surface area contributed by atoms with E-state index in [1.807, 2.05) is 12.1 Å². The van der Waals surface area contributed by atoms with E-state index in [4.69, 9.17) is 11.6 Å². The quantitative estimate of drug-likeness (QED) is 0.585. The Balaban J connectivity index is 2.32. The molecule has 0 spiro atoms. The van der Waals surface area contributed by atoms with Gasteiger partial charge in [0.25, 0.3) is 0 Å². The average molecular weight is 203 g/mol. The maximum Gasteiger partial charge on any atom is 0.133 e. The Morgan fingerprint density at radius 2 is 2.38 bits per heavy atom. The summed E-state index contributed by atoms with van der Waals surface area (Å²) in [4.78, 5) is 3.93. The Bertz CT molecular complexity index is 255. The number of pyridine rings is 1. The van der Waals surface area contributed by atoms with Crippen LogP contribution in [0.2, 0.25) is 5.15 Å². The predicted octanol–water partition coefficient (Wildman–Crippen LogP) is 2.18. The Hall–Kier alpha value is -0.670. The standard InChI is InChI=1S/C9H12ClFN2/c10-9-8(3-1-6-13-9)7-12-5-2-4-11/h1,3,6,12H,2,4-5,7H2. The lowest BCUT2D eigenvalue weighted by Crippen LogP contribution is -2.15. The van der Waals surface area contributed by atoms with E-state index in [1.165, 1.54) is 0 Å². The first-order valence-corrected chi connectivity index (χ1v) is 4.58. The van der Waals surface area contributed by atoms with Crippen molar-refractivity contribution in [2.45, 2.75) is 13.0 Å². The first-order chi connectivity index (χ1) is 6.34. The lowest BCUT2D eigenvalue weighted by molar-refractivity contribution is 0.459. The van der Waals surface area contributed by atoms with E-state index in [1.54, 1.807) is 6.20 Å². The molecule has 0 atom stereocenters. The smallest absolute Gasteiger partial charge is 0.133 e. The lowest BCUT2D eigenvalue weighted by atomic mass is 10.3. The fourth-order valence-corrected chi connectivity index (χ4v) is 1.15. The van der Waals surface area contributed by atoms with Gasteiger partial charge in [-0.3, -0.25) is 4.39 Å². The number of alkyl halides is 1. The Morgan fingerprint density at radius 1 is 1.54 bits per heavy atom. The van der Waals surface area contributed by atoms with E-state index in [2.05, 4.69) is 10.3 Å². The Morgan fingerprint density at radius 3 is 3.08 bits per heavy atom. The normalized spacial score (nSPS) is 10.3. The summed E-state index contributed by atoms with van der Waals surface area (Å²) < 4.78 is 11.7. The highest BCUT2D eigenvalue weighted by molar-refractivity contribution is 6.30. The second kappa shape index (κ2) is 5.89. The zero-order valence-corrected chi connectivity index (χ0v) is 8.02. The topological polar surface area (TPSA) is 24.9 Å². The maximum absolute atomic E-state index is 11.7. The highest BCUT2D eigenvalue weighted by atomic mass is 35.5. The van der Waals surface area contributed by atoms with Gasteiger partial charge in [-0.05, 0) is 19.0 Å². The summed E-state index contributed by atoms with van der Waals surface area (Å²) in [5.41, 5.74) is 0.947. The van der Waals surface area contributed by atoms with Crippen molar-refractivity contribution in [2.75, 3.05) is 13.2 Å². The summed E-state index contributed by atoms with van der Waals surface area (Å²) >= 11 is 5.81. The van der Waals surface area contributed by atoms with Crippen molar-refractivity contribution in [3.63, 3.8) is 0 Å². The molecule has 13 heavy (non-hydrogen) atoms. The molecule has 1 aromatic heterocycles. The van der Waals surface area contributed by atoms with Gasteiger partial charge < -0.3 is 5.32 Å². The van der Waals surface area contributed by atoms with Gasteiger partial charge in [-0.2, -0.15) is 0 Å². The molecule has 0 saturated heterocycles. The van der Waals surface area contributed by atoms with Crippen LogP contribution in [0.1, 0.15) is 12.0 Å². The molecular formula is C9H12ClFN2. The number of nitrogens with one attached hydrogen (secondary N) is 1. The largest absolute Gasteiger partial charge is 0.312 e. The minimum atomic E-state index is -0.284. The zero-order chi connectivity index (χ0) is 9.52. The van der Waals surface area contributed by atoms with Crippen LogP contribution < -0.4 is 5.32 Å². The molecule has 0 unspecified atom stereocenters. The molecule has 0 saturated carbocycles. The van der Waals surface area contributed by atoms with E-state index in [0.717, 1.165) is 5.56 Å². The van der Waals surface area contributed by atoms with Crippen molar-refractivity contribution < 1.29 is 4.39 Å². The maximum atomic E-state index is 11.7. The van der Waals surface area contributed by atoms with E-state index in [9.17, 15) is 4.39 Å². The van der Waals surface area contributed by atoms with Crippen LogP contribution in [0.4, 0.5) is 4.39 Å². The summed E-state index contributed by atoms with van der Waals surface area (Å²) in [5, 5.41) is 3.59. The summed E-state index contributed by atoms with van der Waals surface area (Å²) in [6.45, 7) is 1.03. The van der Waals surface area contributed by atoms with Crippen LogP contribution >= 0.6 is 11.6 Å². The van der Waals surface area contributed by atoms with Crippen LogP contribution in [0, 0.1) is 0 Å². The van der Waals surface area contributed by atoms with Crippen LogP contribution in [0.5, 0.6) is 0 Å². The van der Waals surface area contributed by atoms with Gasteiger partial charge in [0.05, 0.1) is 6.67 Å². The second-order valence-electron chi connectivity index (χ2n) is 2.67. The molecule has 0 fully saturated rings. The van der Waals surface area contributed by atoms with Crippen LogP contribution in [0.25, 0.3) is 0 Å². The number of halogens is 2. The second-order valence-corrected chi connectivity index (χ2v) is 3.03. The molecule has 0 aliphatic carbocycles. The molecule has 1 aromatic rings. The molecule has 1 heterocycles. The third-order valence-electron chi connectivity index (χ3n) is 1.64. The predicted molar refractivity (Wildman–Crippen MR) is 51.5 cm³/mol. The lowest BCUT2D eigenvalue weighted by Gasteiger charge is -2.03. The van der Waals surface area contributed by atoms with Gasteiger partial charge in [0.15, 0.2) is 0 Å². The first-order valence-electron chi connectivity index (χ1n) is 4.20. The summed E-state index contributed by atoms with van der Waals surface area (Å²) in [7, 11) is 0. The van der Waals surface area contributed by atoms with Crippen molar-refractivity contribution in [3.8, 4) is 0 Å². The molecule has 0 bridgehead atoms. The summed E-state index contributed by atoms with van der Waals surface area (Å²) in [6, 6.07) is 3.73. The number of hydrogen-bond donors (Lipinski definition) is 1. The van der Waals surface area contributed by atoms with E-state index >= 15 is 0 Å². The third kappa shape index (κ3) is 3.70. The van der Waals surface area contributed by atoms with E-state index in [0.29, 0.717) is 24.7 Å². The van der Waals surface area contributed by atoms with Gasteiger partial charge >= 0.3 is 0 Å². The molecule has 72 valence electrons.